The molecule has 4 heteroatoms. The molecule has 0 atom stereocenters. The van der Waals surface area contributed by atoms with Crippen molar-refractivity contribution in [1.29, 1.82) is 0 Å². The molecule has 112 valence electrons. The first kappa shape index (κ1) is 15.3. The van der Waals surface area contributed by atoms with Gasteiger partial charge in [-0.05, 0) is 61.9 Å². The van der Waals surface area contributed by atoms with Crippen molar-refractivity contribution in [2.75, 3.05) is 6.61 Å². The number of benzene rings is 2. The Morgan fingerprint density at radius 1 is 1.18 bits per heavy atom. The van der Waals surface area contributed by atoms with E-state index < -0.39 is 0 Å². The number of hydrogen-bond donors (Lipinski definition) is 0. The topological polar surface area (TPSA) is 22.1 Å². The standard InChI is InChI=1S/C18H16BrNOS/c1-3-21-16-7-6-14(19)11-13(16)5-9-18-20-15-10-12(2)4-8-17(15)22-18/h4-11H,3H2,1-2H3/b9-5+. The third-order valence-electron chi connectivity index (χ3n) is 3.24. The van der Waals surface area contributed by atoms with Gasteiger partial charge in [-0.2, -0.15) is 0 Å². The molecule has 0 spiro atoms. The number of aryl methyl sites for hydroxylation is 1. The molecule has 0 aliphatic carbocycles. The first-order valence-electron chi connectivity index (χ1n) is 7.13. The maximum atomic E-state index is 5.67. The fourth-order valence-corrected chi connectivity index (χ4v) is 3.45. The molecule has 0 fully saturated rings. The molecule has 22 heavy (non-hydrogen) atoms. The van der Waals surface area contributed by atoms with Gasteiger partial charge in [0.25, 0.3) is 0 Å². The van der Waals surface area contributed by atoms with Crippen LogP contribution in [0.1, 0.15) is 23.1 Å². The van der Waals surface area contributed by atoms with Gasteiger partial charge in [-0.3, -0.25) is 0 Å². The number of thiazole rings is 1. The monoisotopic (exact) mass is 373 g/mol. The van der Waals surface area contributed by atoms with Gasteiger partial charge in [0.15, 0.2) is 0 Å². The fourth-order valence-electron chi connectivity index (χ4n) is 2.22. The Morgan fingerprint density at radius 3 is 2.86 bits per heavy atom. The van der Waals surface area contributed by atoms with Crippen LogP contribution in [0.2, 0.25) is 0 Å². The summed E-state index contributed by atoms with van der Waals surface area (Å²) in [6.45, 7) is 4.73. The van der Waals surface area contributed by atoms with Gasteiger partial charge in [0, 0.05) is 10.0 Å². The van der Waals surface area contributed by atoms with Crippen LogP contribution in [0.5, 0.6) is 5.75 Å². The maximum Gasteiger partial charge on any atom is 0.126 e. The summed E-state index contributed by atoms with van der Waals surface area (Å²) in [6.07, 6.45) is 4.10. The normalized spacial score (nSPS) is 11.4. The predicted octanol–water partition coefficient (Wildman–Crippen LogP) is 5.94. The Balaban J connectivity index is 1.93. The van der Waals surface area contributed by atoms with Crippen LogP contribution in [0.3, 0.4) is 0 Å². The summed E-state index contributed by atoms with van der Waals surface area (Å²) >= 11 is 5.21. The maximum absolute atomic E-state index is 5.67. The zero-order valence-corrected chi connectivity index (χ0v) is 14.9. The molecular formula is C18H16BrNOS. The van der Waals surface area contributed by atoms with Crippen molar-refractivity contribution in [3.63, 3.8) is 0 Å². The molecule has 0 saturated heterocycles. The average Bonchev–Trinajstić information content (AvgIpc) is 2.89. The zero-order chi connectivity index (χ0) is 15.5. The van der Waals surface area contributed by atoms with Crippen molar-refractivity contribution in [2.45, 2.75) is 13.8 Å². The van der Waals surface area contributed by atoms with Crippen LogP contribution in [0, 0.1) is 6.92 Å². The second-order valence-corrected chi connectivity index (χ2v) is 6.95. The van der Waals surface area contributed by atoms with Gasteiger partial charge < -0.3 is 4.74 Å². The van der Waals surface area contributed by atoms with E-state index in [-0.39, 0.29) is 0 Å². The minimum atomic E-state index is 0.656. The molecule has 2 aromatic carbocycles. The second kappa shape index (κ2) is 6.63. The molecule has 0 bridgehead atoms. The Labute approximate surface area is 142 Å². The highest BCUT2D eigenvalue weighted by molar-refractivity contribution is 9.10. The first-order chi connectivity index (χ1) is 10.7. The lowest BCUT2D eigenvalue weighted by Crippen LogP contribution is -1.93. The van der Waals surface area contributed by atoms with Gasteiger partial charge in [0.1, 0.15) is 10.8 Å². The minimum absolute atomic E-state index is 0.656. The summed E-state index contributed by atoms with van der Waals surface area (Å²) in [5.41, 5.74) is 3.34. The highest BCUT2D eigenvalue weighted by Gasteiger charge is 2.04. The first-order valence-corrected chi connectivity index (χ1v) is 8.74. The number of fused-ring (bicyclic) bond motifs is 1. The zero-order valence-electron chi connectivity index (χ0n) is 12.5. The molecule has 0 aliphatic heterocycles. The number of rotatable bonds is 4. The summed E-state index contributed by atoms with van der Waals surface area (Å²) in [6, 6.07) is 12.4. The van der Waals surface area contributed by atoms with E-state index in [1.807, 2.05) is 25.1 Å². The molecule has 0 saturated carbocycles. The molecule has 0 unspecified atom stereocenters. The lowest BCUT2D eigenvalue weighted by atomic mass is 10.2. The summed E-state index contributed by atoms with van der Waals surface area (Å²) in [5, 5.41) is 1.00. The molecule has 1 aromatic heterocycles. The summed E-state index contributed by atoms with van der Waals surface area (Å²) in [4.78, 5) is 4.67. The number of aromatic nitrogens is 1. The number of nitrogens with zero attached hydrogens (tertiary/aromatic N) is 1. The van der Waals surface area contributed by atoms with Crippen LogP contribution in [0.25, 0.3) is 22.4 Å². The molecule has 0 N–H and O–H groups in total. The Kier molecular flexibility index (Phi) is 4.60. The quantitative estimate of drug-likeness (QED) is 0.564. The van der Waals surface area contributed by atoms with Crippen LogP contribution in [-0.2, 0) is 0 Å². The van der Waals surface area contributed by atoms with Gasteiger partial charge in [0.2, 0.25) is 0 Å². The van der Waals surface area contributed by atoms with Crippen LogP contribution >= 0.6 is 27.3 Å². The molecule has 1 heterocycles. The van der Waals surface area contributed by atoms with Crippen LogP contribution in [-0.4, -0.2) is 11.6 Å². The summed E-state index contributed by atoms with van der Waals surface area (Å²) < 4.78 is 7.92. The molecular weight excluding hydrogens is 358 g/mol. The molecule has 0 aliphatic rings. The summed E-state index contributed by atoms with van der Waals surface area (Å²) in [5.74, 6) is 0.888. The van der Waals surface area contributed by atoms with E-state index in [4.69, 9.17) is 4.74 Å². The number of hydrogen-bond acceptors (Lipinski definition) is 3. The third kappa shape index (κ3) is 3.39. The Morgan fingerprint density at radius 2 is 2.05 bits per heavy atom. The van der Waals surface area contributed by atoms with Crippen LogP contribution in [0.15, 0.2) is 40.9 Å². The Bertz CT molecular complexity index is 838. The minimum Gasteiger partial charge on any atom is -0.493 e. The van der Waals surface area contributed by atoms with E-state index in [9.17, 15) is 0 Å². The molecule has 3 rings (SSSR count). The highest BCUT2D eigenvalue weighted by Crippen LogP contribution is 2.28. The average molecular weight is 374 g/mol. The van der Waals surface area contributed by atoms with Crippen LogP contribution < -0.4 is 4.74 Å². The van der Waals surface area contributed by atoms with E-state index in [0.29, 0.717) is 6.61 Å². The van der Waals surface area contributed by atoms with Crippen molar-refractivity contribution in [1.82, 2.24) is 4.98 Å². The third-order valence-corrected chi connectivity index (χ3v) is 4.73. The predicted molar refractivity (Wildman–Crippen MR) is 98.6 cm³/mol. The van der Waals surface area contributed by atoms with E-state index in [1.54, 1.807) is 11.3 Å². The molecule has 3 aromatic rings. The van der Waals surface area contributed by atoms with Crippen molar-refractivity contribution in [3.8, 4) is 5.75 Å². The van der Waals surface area contributed by atoms with Crippen molar-refractivity contribution < 1.29 is 4.74 Å². The number of halogens is 1. The molecule has 2 nitrogen and oxygen atoms in total. The largest absolute Gasteiger partial charge is 0.493 e. The van der Waals surface area contributed by atoms with Gasteiger partial charge in [-0.15, -0.1) is 11.3 Å². The van der Waals surface area contributed by atoms with Crippen molar-refractivity contribution in [2.24, 2.45) is 0 Å². The Hall–Kier alpha value is -1.65. The van der Waals surface area contributed by atoms with Gasteiger partial charge in [-0.1, -0.05) is 22.0 Å². The van der Waals surface area contributed by atoms with Crippen molar-refractivity contribution >= 4 is 49.6 Å². The van der Waals surface area contributed by atoms with E-state index >= 15 is 0 Å². The molecule has 0 radical (unpaired) electrons. The van der Waals surface area contributed by atoms with Gasteiger partial charge in [-0.25, -0.2) is 4.98 Å². The number of ether oxygens (including phenoxy) is 1. The van der Waals surface area contributed by atoms with Crippen LogP contribution in [0.4, 0.5) is 0 Å². The van der Waals surface area contributed by atoms with Gasteiger partial charge >= 0.3 is 0 Å². The smallest absolute Gasteiger partial charge is 0.126 e. The molecule has 0 amide bonds. The fraction of sp³-hybridized carbons (Fsp3) is 0.167. The second-order valence-electron chi connectivity index (χ2n) is 4.97. The lowest BCUT2D eigenvalue weighted by molar-refractivity contribution is 0.339. The van der Waals surface area contributed by atoms with E-state index in [2.05, 4.69) is 58.2 Å². The lowest BCUT2D eigenvalue weighted by Gasteiger charge is -2.07. The van der Waals surface area contributed by atoms with E-state index in [1.165, 1.54) is 10.3 Å². The van der Waals surface area contributed by atoms with Crippen molar-refractivity contribution in [3.05, 3.63) is 57.0 Å². The van der Waals surface area contributed by atoms with Gasteiger partial charge in [0.05, 0.1) is 16.8 Å². The highest BCUT2D eigenvalue weighted by atomic mass is 79.9. The van der Waals surface area contributed by atoms with E-state index in [0.717, 1.165) is 26.3 Å². The SMILES string of the molecule is CCOc1ccc(Br)cc1/C=C/c1nc2cc(C)ccc2s1. The summed E-state index contributed by atoms with van der Waals surface area (Å²) in [7, 11) is 0.